The maximum absolute atomic E-state index is 12.1. The van der Waals surface area contributed by atoms with Crippen molar-refractivity contribution in [3.8, 4) is 5.75 Å². The maximum Gasteiger partial charge on any atom is 0.273 e. The van der Waals surface area contributed by atoms with Crippen LogP contribution in [-0.2, 0) is 10.0 Å². The molecule has 0 aliphatic rings. The van der Waals surface area contributed by atoms with Gasteiger partial charge in [0.25, 0.3) is 10.0 Å². The van der Waals surface area contributed by atoms with Crippen LogP contribution in [0.2, 0.25) is 4.47 Å². The van der Waals surface area contributed by atoms with Gasteiger partial charge in [0.15, 0.2) is 8.68 Å². The molecule has 0 aliphatic carbocycles. The molecule has 1 aromatic carbocycles. The van der Waals surface area contributed by atoms with Crippen LogP contribution in [0.5, 0.6) is 5.75 Å². The first-order valence-corrected chi connectivity index (χ1v) is 7.92. The summed E-state index contributed by atoms with van der Waals surface area (Å²) in [7, 11) is -3.70. The Bertz CT molecular complexity index is 726. The van der Waals surface area contributed by atoms with Gasteiger partial charge in [-0.3, -0.25) is 4.72 Å². The fourth-order valence-electron chi connectivity index (χ4n) is 1.47. The van der Waals surface area contributed by atoms with Crippen LogP contribution in [-0.4, -0.2) is 18.5 Å². The molecule has 0 atom stereocenters. The summed E-state index contributed by atoms with van der Waals surface area (Å²) in [4.78, 5) is 3.70. The highest BCUT2D eigenvalue weighted by Gasteiger charge is 2.19. The third kappa shape index (κ3) is 2.99. The van der Waals surface area contributed by atoms with Gasteiger partial charge in [0, 0.05) is 0 Å². The van der Waals surface area contributed by atoms with E-state index in [0.717, 1.165) is 11.3 Å². The van der Waals surface area contributed by atoms with Crippen molar-refractivity contribution in [1.82, 2.24) is 4.98 Å². The van der Waals surface area contributed by atoms with E-state index in [0.29, 0.717) is 16.8 Å². The van der Waals surface area contributed by atoms with Crippen molar-refractivity contribution >= 4 is 38.6 Å². The van der Waals surface area contributed by atoms with Crippen LogP contribution < -0.4 is 4.72 Å². The van der Waals surface area contributed by atoms with E-state index in [9.17, 15) is 13.5 Å². The molecule has 0 spiro atoms. The first-order chi connectivity index (χ1) is 8.79. The van der Waals surface area contributed by atoms with Crippen molar-refractivity contribution in [3.05, 3.63) is 33.9 Å². The number of nitrogens with one attached hydrogen (secondary N) is 1. The van der Waals surface area contributed by atoms with Gasteiger partial charge in [0.05, 0.1) is 11.9 Å². The normalized spacial score (nSPS) is 11.5. The molecule has 2 rings (SSSR count). The Balaban J connectivity index is 2.38. The molecule has 0 radical (unpaired) electrons. The quantitative estimate of drug-likeness (QED) is 0.853. The number of hydrogen-bond acceptors (Lipinski definition) is 5. The Hall–Kier alpha value is -1.31. The average Bonchev–Trinajstić information content (AvgIpc) is 2.73. The Labute approximate surface area is 119 Å². The van der Waals surface area contributed by atoms with E-state index >= 15 is 0 Å². The van der Waals surface area contributed by atoms with Gasteiger partial charge in [-0.15, -0.1) is 0 Å². The van der Waals surface area contributed by atoms with E-state index < -0.39 is 10.0 Å². The Morgan fingerprint density at radius 2 is 2.00 bits per heavy atom. The van der Waals surface area contributed by atoms with E-state index in [1.54, 1.807) is 19.9 Å². The Kier molecular flexibility index (Phi) is 3.71. The fourth-order valence-corrected chi connectivity index (χ4v) is 3.88. The summed E-state index contributed by atoms with van der Waals surface area (Å²) >= 11 is 6.51. The third-order valence-electron chi connectivity index (χ3n) is 2.51. The number of benzene rings is 1. The lowest BCUT2D eigenvalue weighted by Crippen LogP contribution is -2.12. The molecule has 0 unspecified atom stereocenters. The maximum atomic E-state index is 12.1. The number of halogens is 1. The van der Waals surface area contributed by atoms with Crippen molar-refractivity contribution in [2.45, 2.75) is 18.1 Å². The van der Waals surface area contributed by atoms with Crippen molar-refractivity contribution < 1.29 is 13.5 Å². The smallest absolute Gasteiger partial charge is 0.273 e. The largest absolute Gasteiger partial charge is 0.508 e. The van der Waals surface area contributed by atoms with Gasteiger partial charge in [-0.25, -0.2) is 13.4 Å². The van der Waals surface area contributed by atoms with Crippen LogP contribution in [0.4, 0.5) is 5.69 Å². The predicted octanol–water partition coefficient (Wildman–Crippen LogP) is 2.92. The van der Waals surface area contributed by atoms with Gasteiger partial charge < -0.3 is 5.11 Å². The molecule has 19 heavy (non-hydrogen) atoms. The van der Waals surface area contributed by atoms with Gasteiger partial charge in [-0.1, -0.05) is 22.9 Å². The topological polar surface area (TPSA) is 79.3 Å². The predicted molar refractivity (Wildman–Crippen MR) is 75.5 cm³/mol. The average molecular weight is 319 g/mol. The minimum atomic E-state index is -3.70. The molecule has 1 aromatic heterocycles. The summed E-state index contributed by atoms with van der Waals surface area (Å²) in [6.45, 7) is 3.40. The fraction of sp³-hybridized carbons (Fsp3) is 0.182. The zero-order valence-electron chi connectivity index (χ0n) is 10.1. The molecule has 0 bridgehead atoms. The minimum Gasteiger partial charge on any atom is -0.508 e. The van der Waals surface area contributed by atoms with Gasteiger partial charge in [-0.2, -0.15) is 0 Å². The molecule has 2 N–H and O–H groups in total. The number of nitrogens with zero attached hydrogens (tertiary/aromatic N) is 1. The van der Waals surface area contributed by atoms with Gasteiger partial charge in [0.2, 0.25) is 0 Å². The highest BCUT2D eigenvalue weighted by atomic mass is 35.5. The van der Waals surface area contributed by atoms with Crippen LogP contribution in [0.25, 0.3) is 0 Å². The number of anilines is 1. The minimum absolute atomic E-state index is 0.0441. The molecule has 0 amide bonds. The van der Waals surface area contributed by atoms with Crippen LogP contribution in [0, 0.1) is 13.8 Å². The second-order valence-corrected chi connectivity index (χ2v) is 7.51. The number of thiazole rings is 1. The molecular formula is C11H11ClN2O3S2. The van der Waals surface area contributed by atoms with Crippen LogP contribution in [0.15, 0.2) is 22.5 Å². The van der Waals surface area contributed by atoms with Gasteiger partial charge in [0.1, 0.15) is 5.75 Å². The molecule has 0 fully saturated rings. The highest BCUT2D eigenvalue weighted by Crippen LogP contribution is 2.29. The van der Waals surface area contributed by atoms with Crippen molar-refractivity contribution in [3.63, 3.8) is 0 Å². The van der Waals surface area contributed by atoms with Crippen LogP contribution in [0.3, 0.4) is 0 Å². The second-order valence-electron chi connectivity index (χ2n) is 3.99. The summed E-state index contributed by atoms with van der Waals surface area (Å²) in [6.07, 6.45) is 1.21. The number of sulfonamides is 1. The SMILES string of the molecule is Cc1cc(NS(=O)(=O)c2cnc(Cl)s2)c(C)cc1O. The summed E-state index contributed by atoms with van der Waals surface area (Å²) in [5, 5.41) is 9.54. The second kappa shape index (κ2) is 4.99. The number of phenols is 1. The van der Waals surface area contributed by atoms with Gasteiger partial charge in [-0.05, 0) is 37.1 Å². The third-order valence-corrected chi connectivity index (χ3v) is 5.45. The summed E-state index contributed by atoms with van der Waals surface area (Å²) in [5.41, 5.74) is 1.63. The van der Waals surface area contributed by atoms with Crippen molar-refractivity contribution in [2.75, 3.05) is 4.72 Å². The Morgan fingerprint density at radius 1 is 1.32 bits per heavy atom. The molecule has 1 heterocycles. The molecule has 102 valence electrons. The lowest BCUT2D eigenvalue weighted by atomic mass is 10.1. The van der Waals surface area contributed by atoms with E-state index in [-0.39, 0.29) is 14.4 Å². The highest BCUT2D eigenvalue weighted by molar-refractivity contribution is 7.94. The number of hydrogen-bond donors (Lipinski definition) is 2. The van der Waals surface area contributed by atoms with E-state index in [1.165, 1.54) is 12.3 Å². The zero-order valence-corrected chi connectivity index (χ0v) is 12.5. The standard InChI is InChI=1S/C11H11ClN2O3S2/c1-6-4-9(15)7(2)3-8(6)14-19(16,17)10-5-13-11(12)18-10/h3-5,14-15H,1-2H3. The molecule has 5 nitrogen and oxygen atoms in total. The monoisotopic (exact) mass is 318 g/mol. The molecule has 0 saturated carbocycles. The van der Waals surface area contributed by atoms with Crippen molar-refractivity contribution in [1.29, 1.82) is 0 Å². The lowest BCUT2D eigenvalue weighted by Gasteiger charge is -2.11. The first-order valence-electron chi connectivity index (χ1n) is 5.24. The van der Waals surface area contributed by atoms with Gasteiger partial charge >= 0.3 is 0 Å². The molecule has 2 aromatic rings. The number of aromatic hydroxyl groups is 1. The zero-order chi connectivity index (χ0) is 14.2. The van der Waals surface area contributed by atoms with Crippen molar-refractivity contribution in [2.24, 2.45) is 0 Å². The summed E-state index contributed by atoms with van der Waals surface area (Å²) in [5.74, 6) is 0.126. The first kappa shape index (κ1) is 14.1. The Morgan fingerprint density at radius 3 is 2.58 bits per heavy atom. The van der Waals surface area contributed by atoms with E-state index in [1.807, 2.05) is 0 Å². The molecule has 0 saturated heterocycles. The lowest BCUT2D eigenvalue weighted by molar-refractivity contribution is 0.471. The van der Waals surface area contributed by atoms with E-state index in [4.69, 9.17) is 11.6 Å². The van der Waals surface area contributed by atoms with Crippen LogP contribution >= 0.6 is 22.9 Å². The number of aryl methyl sites for hydroxylation is 2. The number of aromatic nitrogens is 1. The number of rotatable bonds is 3. The van der Waals surface area contributed by atoms with Crippen LogP contribution in [0.1, 0.15) is 11.1 Å². The molecule has 8 heteroatoms. The molecule has 0 aliphatic heterocycles. The summed E-state index contributed by atoms with van der Waals surface area (Å²) in [6, 6.07) is 3.08. The number of phenolic OH excluding ortho intramolecular Hbond substituents is 1. The molecular weight excluding hydrogens is 308 g/mol. The van der Waals surface area contributed by atoms with E-state index in [2.05, 4.69) is 9.71 Å². The summed E-state index contributed by atoms with van der Waals surface area (Å²) < 4.78 is 26.9.